The number of carboxylic acid groups (broad SMARTS) is 1. The summed E-state index contributed by atoms with van der Waals surface area (Å²) in [5, 5.41) is 13.4. The van der Waals surface area contributed by atoms with Gasteiger partial charge in [-0.15, -0.1) is 0 Å². The van der Waals surface area contributed by atoms with Crippen LogP contribution in [0.5, 0.6) is 0 Å². The Morgan fingerprint density at radius 1 is 1.20 bits per heavy atom. The number of carbonyl (C=O) groups excluding carboxylic acids is 1. The minimum absolute atomic E-state index is 0.00363. The topological polar surface area (TPSA) is 75.4 Å². The number of hydrogen-bond acceptors (Lipinski definition) is 3. The Hall–Kier alpha value is -2.63. The highest BCUT2D eigenvalue weighted by Crippen LogP contribution is 2.20. The van der Waals surface area contributed by atoms with Crippen molar-refractivity contribution >= 4 is 11.9 Å². The molecule has 0 saturated carbocycles. The maximum Gasteiger partial charge on any atom is 0.303 e. The second kappa shape index (κ2) is 7.96. The molecule has 1 aromatic carbocycles. The van der Waals surface area contributed by atoms with Gasteiger partial charge in [0.15, 0.2) is 0 Å². The molecule has 0 aliphatic heterocycles. The number of aromatic nitrogens is 2. The third-order valence-corrected chi connectivity index (χ3v) is 4.29. The standard InChI is InChI=1S/C19H25N3O3/c1-5-12-21(4)19(25)15-6-8-16(9-7-15)22-14(3)17(13(2)20-22)10-11-18(23)24/h6-9H,5,10-12H2,1-4H3,(H,23,24). The summed E-state index contributed by atoms with van der Waals surface area (Å²) in [6, 6.07) is 7.34. The van der Waals surface area contributed by atoms with E-state index in [0.29, 0.717) is 12.0 Å². The van der Waals surface area contributed by atoms with Gasteiger partial charge in [0.1, 0.15) is 0 Å². The van der Waals surface area contributed by atoms with Gasteiger partial charge in [0.05, 0.1) is 11.4 Å². The molecule has 0 aliphatic rings. The number of aliphatic carboxylic acids is 1. The molecule has 0 aliphatic carbocycles. The predicted octanol–water partition coefficient (Wildman–Crippen LogP) is 2.99. The maximum atomic E-state index is 12.3. The van der Waals surface area contributed by atoms with Gasteiger partial charge in [0.25, 0.3) is 5.91 Å². The van der Waals surface area contributed by atoms with E-state index < -0.39 is 5.97 Å². The first-order valence-electron chi connectivity index (χ1n) is 8.48. The molecule has 2 rings (SSSR count). The fraction of sp³-hybridized carbons (Fsp3) is 0.421. The van der Waals surface area contributed by atoms with E-state index in [1.807, 2.05) is 32.9 Å². The molecule has 0 spiro atoms. The van der Waals surface area contributed by atoms with Crippen LogP contribution in [0, 0.1) is 13.8 Å². The van der Waals surface area contributed by atoms with E-state index in [0.717, 1.165) is 35.6 Å². The Morgan fingerprint density at radius 2 is 1.84 bits per heavy atom. The van der Waals surface area contributed by atoms with Gasteiger partial charge in [0.2, 0.25) is 0 Å². The molecule has 1 heterocycles. The Morgan fingerprint density at radius 3 is 2.40 bits per heavy atom. The summed E-state index contributed by atoms with van der Waals surface area (Å²) in [5.74, 6) is -0.811. The number of rotatable bonds is 7. The van der Waals surface area contributed by atoms with Crippen molar-refractivity contribution in [1.82, 2.24) is 14.7 Å². The monoisotopic (exact) mass is 343 g/mol. The molecule has 6 nitrogen and oxygen atoms in total. The molecule has 0 unspecified atom stereocenters. The van der Waals surface area contributed by atoms with Crippen molar-refractivity contribution < 1.29 is 14.7 Å². The molecule has 134 valence electrons. The van der Waals surface area contributed by atoms with Gasteiger partial charge >= 0.3 is 5.97 Å². The van der Waals surface area contributed by atoms with Crippen molar-refractivity contribution in [2.75, 3.05) is 13.6 Å². The molecular weight excluding hydrogens is 318 g/mol. The Balaban J connectivity index is 2.24. The van der Waals surface area contributed by atoms with E-state index in [9.17, 15) is 9.59 Å². The molecule has 0 bridgehead atoms. The fourth-order valence-corrected chi connectivity index (χ4v) is 2.92. The van der Waals surface area contributed by atoms with Crippen molar-refractivity contribution in [2.45, 2.75) is 40.0 Å². The largest absolute Gasteiger partial charge is 0.481 e. The predicted molar refractivity (Wildman–Crippen MR) is 96.2 cm³/mol. The van der Waals surface area contributed by atoms with E-state index >= 15 is 0 Å². The van der Waals surface area contributed by atoms with E-state index in [4.69, 9.17) is 5.11 Å². The van der Waals surface area contributed by atoms with Crippen LogP contribution in [-0.2, 0) is 11.2 Å². The van der Waals surface area contributed by atoms with Crippen LogP contribution in [0.3, 0.4) is 0 Å². The molecule has 0 saturated heterocycles. The van der Waals surface area contributed by atoms with E-state index in [-0.39, 0.29) is 12.3 Å². The maximum absolute atomic E-state index is 12.3. The van der Waals surface area contributed by atoms with Crippen molar-refractivity contribution in [2.24, 2.45) is 0 Å². The van der Waals surface area contributed by atoms with Gasteiger partial charge in [-0.05, 0) is 56.5 Å². The summed E-state index contributed by atoms with van der Waals surface area (Å²) < 4.78 is 1.80. The molecule has 0 atom stereocenters. The zero-order chi connectivity index (χ0) is 18.6. The van der Waals surface area contributed by atoms with Crippen molar-refractivity contribution in [1.29, 1.82) is 0 Å². The summed E-state index contributed by atoms with van der Waals surface area (Å²) in [6.07, 6.45) is 1.47. The number of carbonyl (C=O) groups is 2. The minimum atomic E-state index is -0.814. The third kappa shape index (κ3) is 4.26. The van der Waals surface area contributed by atoms with Gasteiger partial charge < -0.3 is 10.0 Å². The first kappa shape index (κ1) is 18.7. The second-order valence-electron chi connectivity index (χ2n) is 6.23. The van der Waals surface area contributed by atoms with Crippen LogP contribution >= 0.6 is 0 Å². The zero-order valence-corrected chi connectivity index (χ0v) is 15.2. The number of nitrogens with zero attached hydrogens (tertiary/aromatic N) is 3. The molecule has 1 amide bonds. The average molecular weight is 343 g/mol. The number of carboxylic acids is 1. The lowest BCUT2D eigenvalue weighted by molar-refractivity contribution is -0.136. The van der Waals surface area contributed by atoms with Crippen molar-refractivity contribution in [3.8, 4) is 5.69 Å². The Bertz CT molecular complexity index is 763. The van der Waals surface area contributed by atoms with E-state index in [2.05, 4.69) is 5.10 Å². The van der Waals surface area contributed by atoms with Crippen LogP contribution in [0.4, 0.5) is 0 Å². The van der Waals surface area contributed by atoms with Crippen LogP contribution in [0.25, 0.3) is 5.69 Å². The average Bonchev–Trinajstić information content (AvgIpc) is 2.87. The van der Waals surface area contributed by atoms with E-state index in [1.165, 1.54) is 0 Å². The molecular formula is C19H25N3O3. The lowest BCUT2D eigenvalue weighted by atomic mass is 10.1. The first-order valence-corrected chi connectivity index (χ1v) is 8.48. The SMILES string of the molecule is CCCN(C)C(=O)c1ccc(-n2nc(C)c(CCC(=O)O)c2C)cc1. The number of amides is 1. The normalized spacial score (nSPS) is 10.7. The summed E-state index contributed by atoms with van der Waals surface area (Å²) in [7, 11) is 1.80. The smallest absolute Gasteiger partial charge is 0.303 e. The van der Waals surface area contributed by atoms with Crippen LogP contribution in [0.15, 0.2) is 24.3 Å². The van der Waals surface area contributed by atoms with Gasteiger partial charge in [0, 0.05) is 31.3 Å². The Labute approximate surface area is 148 Å². The van der Waals surface area contributed by atoms with E-state index in [1.54, 1.807) is 28.8 Å². The molecule has 25 heavy (non-hydrogen) atoms. The number of hydrogen-bond donors (Lipinski definition) is 1. The van der Waals surface area contributed by atoms with Crippen molar-refractivity contribution in [3.05, 3.63) is 46.8 Å². The van der Waals surface area contributed by atoms with Gasteiger partial charge in [-0.25, -0.2) is 4.68 Å². The number of benzene rings is 1. The fourth-order valence-electron chi connectivity index (χ4n) is 2.92. The highest BCUT2D eigenvalue weighted by Gasteiger charge is 2.15. The molecule has 6 heteroatoms. The second-order valence-corrected chi connectivity index (χ2v) is 6.23. The minimum Gasteiger partial charge on any atom is -0.481 e. The number of aryl methyl sites for hydroxylation is 1. The highest BCUT2D eigenvalue weighted by molar-refractivity contribution is 5.94. The van der Waals surface area contributed by atoms with Gasteiger partial charge in [-0.2, -0.15) is 5.10 Å². The zero-order valence-electron chi connectivity index (χ0n) is 15.2. The van der Waals surface area contributed by atoms with Crippen LogP contribution in [0.2, 0.25) is 0 Å². The summed E-state index contributed by atoms with van der Waals surface area (Å²) in [5.41, 5.74) is 4.23. The molecule has 0 fully saturated rings. The molecule has 1 N–H and O–H groups in total. The summed E-state index contributed by atoms with van der Waals surface area (Å²) >= 11 is 0. The quantitative estimate of drug-likeness (QED) is 0.838. The lowest BCUT2D eigenvalue weighted by Crippen LogP contribution is -2.27. The third-order valence-electron chi connectivity index (χ3n) is 4.29. The van der Waals surface area contributed by atoms with Gasteiger partial charge in [-0.1, -0.05) is 6.92 Å². The summed E-state index contributed by atoms with van der Waals surface area (Å²) in [6.45, 7) is 6.59. The summed E-state index contributed by atoms with van der Waals surface area (Å²) in [4.78, 5) is 24.8. The highest BCUT2D eigenvalue weighted by atomic mass is 16.4. The van der Waals surface area contributed by atoms with Crippen LogP contribution in [0.1, 0.15) is 47.1 Å². The van der Waals surface area contributed by atoms with Crippen molar-refractivity contribution in [3.63, 3.8) is 0 Å². The molecule has 2 aromatic rings. The van der Waals surface area contributed by atoms with Gasteiger partial charge in [-0.3, -0.25) is 9.59 Å². The Kier molecular flexibility index (Phi) is 5.96. The molecule has 0 radical (unpaired) electrons. The molecule has 1 aromatic heterocycles. The van der Waals surface area contributed by atoms with Crippen LogP contribution < -0.4 is 0 Å². The lowest BCUT2D eigenvalue weighted by Gasteiger charge is -2.16. The first-order chi connectivity index (χ1) is 11.8. The van der Waals surface area contributed by atoms with Crippen LogP contribution in [-0.4, -0.2) is 45.3 Å².